The van der Waals surface area contributed by atoms with Gasteiger partial charge in [-0.3, -0.25) is 4.79 Å². The number of H-pyrrole nitrogens is 1. The van der Waals surface area contributed by atoms with Gasteiger partial charge >= 0.3 is 0 Å². The number of nitrogens with one attached hydrogen (secondary N) is 2. The third-order valence-corrected chi connectivity index (χ3v) is 5.00. The highest BCUT2D eigenvalue weighted by molar-refractivity contribution is 6.35. The maximum Gasteiger partial charge on any atom is 0.261 e. The first-order valence-electron chi connectivity index (χ1n) is 8.87. The third kappa shape index (κ3) is 3.61. The van der Waals surface area contributed by atoms with Crippen LogP contribution in [-0.4, -0.2) is 39.3 Å². The molecule has 140 valence electrons. The molecular formula is C19H20ClN5O2. The van der Waals surface area contributed by atoms with Crippen molar-refractivity contribution in [1.29, 1.82) is 0 Å². The molecule has 1 aliphatic heterocycles. The average Bonchev–Trinajstić information content (AvgIpc) is 2.65. The molecule has 0 amide bonds. The zero-order valence-corrected chi connectivity index (χ0v) is 15.6. The number of fused-ring (bicyclic) bond motifs is 1. The maximum atomic E-state index is 12.5. The lowest BCUT2D eigenvalue weighted by molar-refractivity contribution is 0.145. The summed E-state index contributed by atoms with van der Waals surface area (Å²) in [5.74, 6) is 0.910. The number of pyridine rings is 1. The Labute approximate surface area is 161 Å². The molecular weight excluding hydrogens is 366 g/mol. The van der Waals surface area contributed by atoms with Crippen LogP contribution in [0.2, 0.25) is 5.02 Å². The van der Waals surface area contributed by atoms with Crippen molar-refractivity contribution in [3.05, 3.63) is 51.4 Å². The van der Waals surface area contributed by atoms with Crippen LogP contribution in [0.4, 0.5) is 17.5 Å². The summed E-state index contributed by atoms with van der Waals surface area (Å²) in [6.07, 6.45) is 2.47. The molecule has 1 aliphatic rings. The quantitative estimate of drug-likeness (QED) is 0.641. The molecule has 0 radical (unpaired) electrons. The summed E-state index contributed by atoms with van der Waals surface area (Å²) >= 11 is 6.32. The van der Waals surface area contributed by atoms with E-state index in [9.17, 15) is 9.90 Å². The van der Waals surface area contributed by atoms with E-state index in [0.717, 1.165) is 11.3 Å². The molecule has 4 rings (SSSR count). The summed E-state index contributed by atoms with van der Waals surface area (Å²) in [4.78, 5) is 26.3. The van der Waals surface area contributed by atoms with E-state index in [2.05, 4.69) is 20.3 Å². The van der Waals surface area contributed by atoms with Gasteiger partial charge in [-0.05, 0) is 37.5 Å². The number of aliphatic hydroxyl groups is 1. The highest BCUT2D eigenvalue weighted by Gasteiger charge is 2.22. The van der Waals surface area contributed by atoms with Gasteiger partial charge in [0, 0.05) is 25.0 Å². The highest BCUT2D eigenvalue weighted by atomic mass is 35.5. The number of hydrogen-bond acceptors (Lipinski definition) is 6. The van der Waals surface area contributed by atoms with Crippen molar-refractivity contribution in [2.45, 2.75) is 25.9 Å². The Morgan fingerprint density at radius 1 is 1.30 bits per heavy atom. The largest absolute Gasteiger partial charge is 0.393 e. The minimum absolute atomic E-state index is 0.293. The van der Waals surface area contributed by atoms with Crippen LogP contribution < -0.4 is 15.8 Å². The number of aromatic nitrogens is 3. The number of hydrogen-bond donors (Lipinski definition) is 3. The molecule has 2 aromatic heterocycles. The van der Waals surface area contributed by atoms with Gasteiger partial charge in [0.05, 0.1) is 11.1 Å². The van der Waals surface area contributed by atoms with Crippen molar-refractivity contribution in [2.75, 3.05) is 23.3 Å². The number of aromatic amines is 1. The second kappa shape index (κ2) is 7.17. The Balaban J connectivity index is 1.84. The fourth-order valence-electron chi connectivity index (χ4n) is 3.26. The molecule has 7 nitrogen and oxygen atoms in total. The molecule has 3 N–H and O–H groups in total. The smallest absolute Gasteiger partial charge is 0.261 e. The number of halogens is 1. The van der Waals surface area contributed by atoms with E-state index in [1.54, 1.807) is 0 Å². The minimum Gasteiger partial charge on any atom is -0.393 e. The molecule has 3 aromatic rings. The molecule has 27 heavy (non-hydrogen) atoms. The van der Waals surface area contributed by atoms with Gasteiger partial charge in [-0.1, -0.05) is 23.7 Å². The van der Waals surface area contributed by atoms with Gasteiger partial charge in [-0.25, -0.2) is 4.98 Å². The minimum atomic E-state index is -0.301. The van der Waals surface area contributed by atoms with Crippen LogP contribution in [0, 0.1) is 6.92 Å². The highest BCUT2D eigenvalue weighted by Crippen LogP contribution is 2.29. The number of benzene rings is 1. The van der Waals surface area contributed by atoms with Crippen molar-refractivity contribution in [1.82, 2.24) is 15.0 Å². The van der Waals surface area contributed by atoms with Gasteiger partial charge in [0.1, 0.15) is 16.7 Å². The van der Waals surface area contributed by atoms with Crippen LogP contribution in [-0.2, 0) is 0 Å². The Bertz CT molecular complexity index is 1040. The average molecular weight is 386 g/mol. The zero-order valence-electron chi connectivity index (χ0n) is 14.9. The van der Waals surface area contributed by atoms with Crippen molar-refractivity contribution in [2.24, 2.45) is 0 Å². The molecule has 8 heteroatoms. The van der Waals surface area contributed by atoms with Crippen molar-refractivity contribution < 1.29 is 5.11 Å². The number of rotatable bonds is 3. The summed E-state index contributed by atoms with van der Waals surface area (Å²) in [6.45, 7) is 3.30. The molecule has 0 atom stereocenters. The molecule has 0 spiro atoms. The Morgan fingerprint density at radius 3 is 2.81 bits per heavy atom. The van der Waals surface area contributed by atoms with Crippen molar-refractivity contribution >= 4 is 40.0 Å². The number of anilines is 3. The second-order valence-electron chi connectivity index (χ2n) is 6.77. The maximum absolute atomic E-state index is 12.5. The van der Waals surface area contributed by atoms with Crippen molar-refractivity contribution in [3.63, 3.8) is 0 Å². The van der Waals surface area contributed by atoms with Gasteiger partial charge < -0.3 is 20.3 Å². The van der Waals surface area contributed by atoms with E-state index in [0.29, 0.717) is 53.6 Å². The first kappa shape index (κ1) is 17.8. The van der Waals surface area contributed by atoms with Gasteiger partial charge in [0.15, 0.2) is 0 Å². The van der Waals surface area contributed by atoms with E-state index in [4.69, 9.17) is 11.6 Å². The lowest BCUT2D eigenvalue weighted by Crippen LogP contribution is -2.37. The predicted octanol–water partition coefficient (Wildman–Crippen LogP) is 2.98. The van der Waals surface area contributed by atoms with Crippen LogP contribution in [0.3, 0.4) is 0 Å². The topological polar surface area (TPSA) is 94.1 Å². The molecule has 0 aliphatic carbocycles. The lowest BCUT2D eigenvalue weighted by atomic mass is 10.1. The van der Waals surface area contributed by atoms with Crippen LogP contribution in [0.1, 0.15) is 18.4 Å². The molecule has 0 unspecified atom stereocenters. The lowest BCUT2D eigenvalue weighted by Gasteiger charge is -2.30. The molecule has 1 fully saturated rings. The first-order chi connectivity index (χ1) is 13.0. The number of aliphatic hydroxyl groups excluding tert-OH is 1. The summed E-state index contributed by atoms with van der Waals surface area (Å²) in [5, 5.41) is 13.7. The predicted molar refractivity (Wildman–Crippen MR) is 107 cm³/mol. The van der Waals surface area contributed by atoms with Crippen molar-refractivity contribution in [3.8, 4) is 0 Å². The fourth-order valence-corrected chi connectivity index (χ4v) is 3.45. The van der Waals surface area contributed by atoms with Crippen LogP contribution in [0.15, 0.2) is 35.3 Å². The van der Waals surface area contributed by atoms with Gasteiger partial charge in [-0.2, -0.15) is 4.98 Å². The van der Waals surface area contributed by atoms with E-state index in [-0.39, 0.29) is 11.7 Å². The standard InChI is InChI=1S/C19H20ClN5O2/c1-11-3-2-4-12(9-11)22-17-15-16(14(20)10-21-18(15)27)23-19(24-17)25-7-5-13(26)6-8-25/h2-4,9-10,13,26H,5-8H2,1H3,(H,21,27)(H,22,23,24). The van der Waals surface area contributed by atoms with Gasteiger partial charge in [-0.15, -0.1) is 0 Å². The van der Waals surface area contributed by atoms with Gasteiger partial charge in [0.2, 0.25) is 5.95 Å². The molecule has 1 saturated heterocycles. The van der Waals surface area contributed by atoms with Gasteiger partial charge in [0.25, 0.3) is 5.56 Å². The Morgan fingerprint density at radius 2 is 2.07 bits per heavy atom. The molecule has 0 bridgehead atoms. The SMILES string of the molecule is Cc1cccc(Nc2nc(N3CCC(O)CC3)nc3c(Cl)c[nH]c(=O)c23)c1. The Hall–Kier alpha value is -2.64. The van der Waals surface area contributed by atoms with E-state index in [1.807, 2.05) is 36.1 Å². The summed E-state index contributed by atoms with van der Waals surface area (Å²) in [5.41, 5.74) is 2.03. The number of piperidine rings is 1. The molecule has 1 aromatic carbocycles. The van der Waals surface area contributed by atoms with Crippen LogP contribution in [0.5, 0.6) is 0 Å². The normalized spacial score (nSPS) is 15.3. The number of nitrogens with zero attached hydrogens (tertiary/aromatic N) is 3. The first-order valence-corrected chi connectivity index (χ1v) is 9.24. The summed E-state index contributed by atoms with van der Waals surface area (Å²) < 4.78 is 0. The molecule has 3 heterocycles. The number of aryl methyl sites for hydroxylation is 1. The van der Waals surface area contributed by atoms with Crippen LogP contribution >= 0.6 is 11.6 Å². The molecule has 0 saturated carbocycles. The van der Waals surface area contributed by atoms with E-state index < -0.39 is 0 Å². The Kier molecular flexibility index (Phi) is 4.72. The zero-order chi connectivity index (χ0) is 19.0. The summed E-state index contributed by atoms with van der Waals surface area (Å²) in [6, 6.07) is 7.82. The second-order valence-corrected chi connectivity index (χ2v) is 7.18. The van der Waals surface area contributed by atoms with E-state index >= 15 is 0 Å². The van der Waals surface area contributed by atoms with Crippen LogP contribution in [0.25, 0.3) is 10.9 Å². The third-order valence-electron chi connectivity index (χ3n) is 4.71. The fraction of sp³-hybridized carbons (Fsp3) is 0.316. The summed E-state index contributed by atoms with van der Waals surface area (Å²) in [7, 11) is 0. The monoisotopic (exact) mass is 385 g/mol. The van der Waals surface area contributed by atoms with E-state index in [1.165, 1.54) is 6.20 Å².